The maximum atomic E-state index is 13.6. The van der Waals surface area contributed by atoms with Crippen molar-refractivity contribution < 1.29 is 22.5 Å². The van der Waals surface area contributed by atoms with Gasteiger partial charge in [0.05, 0.1) is 5.92 Å². The number of hydrogen-bond acceptors (Lipinski definition) is 6. The van der Waals surface area contributed by atoms with Crippen LogP contribution in [0, 0.1) is 19.8 Å². The number of ketones is 1. The van der Waals surface area contributed by atoms with E-state index in [0.717, 1.165) is 11.1 Å². The molecule has 188 valence electrons. The SMILES string of the molecule is CC(=O)c1cccc(NC(=O)[C@@H]2CCCN(S(=O)(=O)c3c(C)noc3/C=C/c3ccc(C)cc3)C2)c1. The molecule has 2 aromatic carbocycles. The van der Waals surface area contributed by atoms with Gasteiger partial charge in [-0.15, -0.1) is 0 Å². The first-order valence-electron chi connectivity index (χ1n) is 11.8. The molecule has 1 aliphatic rings. The van der Waals surface area contributed by atoms with Crippen molar-refractivity contribution in [1.29, 1.82) is 0 Å². The lowest BCUT2D eigenvalue weighted by Gasteiger charge is -2.31. The van der Waals surface area contributed by atoms with Crippen LogP contribution in [0.15, 0.2) is 57.9 Å². The number of rotatable bonds is 7. The molecule has 1 N–H and O–H groups in total. The van der Waals surface area contributed by atoms with Crippen LogP contribution in [0.1, 0.15) is 52.7 Å². The molecule has 4 rings (SSSR count). The summed E-state index contributed by atoms with van der Waals surface area (Å²) < 4.78 is 33.9. The number of benzene rings is 2. The first-order valence-corrected chi connectivity index (χ1v) is 13.2. The molecule has 1 aromatic heterocycles. The summed E-state index contributed by atoms with van der Waals surface area (Å²) in [5.74, 6) is -0.753. The number of sulfonamides is 1. The number of amides is 1. The van der Waals surface area contributed by atoms with Crippen molar-refractivity contribution >= 4 is 39.6 Å². The minimum atomic E-state index is -3.95. The second-order valence-corrected chi connectivity index (χ2v) is 10.9. The average Bonchev–Trinajstić information content (AvgIpc) is 3.25. The second kappa shape index (κ2) is 10.6. The topological polar surface area (TPSA) is 110 Å². The van der Waals surface area contributed by atoms with E-state index in [1.165, 1.54) is 11.2 Å². The molecule has 0 spiro atoms. The smallest absolute Gasteiger partial charge is 0.248 e. The Balaban J connectivity index is 1.52. The van der Waals surface area contributed by atoms with E-state index < -0.39 is 15.9 Å². The van der Waals surface area contributed by atoms with Crippen molar-refractivity contribution in [1.82, 2.24) is 9.46 Å². The molecule has 0 radical (unpaired) electrons. The Bertz CT molecular complexity index is 1410. The summed E-state index contributed by atoms with van der Waals surface area (Å²) in [4.78, 5) is 24.6. The Kier molecular flexibility index (Phi) is 7.51. The van der Waals surface area contributed by atoms with Crippen molar-refractivity contribution in [2.45, 2.75) is 38.5 Å². The van der Waals surface area contributed by atoms with Crippen molar-refractivity contribution in [3.05, 3.63) is 76.7 Å². The van der Waals surface area contributed by atoms with Gasteiger partial charge in [-0.3, -0.25) is 9.59 Å². The number of Topliss-reactive ketones (excluding diaryl/α,β-unsaturated/α-hetero) is 1. The van der Waals surface area contributed by atoms with Crippen LogP contribution in [0.4, 0.5) is 5.69 Å². The van der Waals surface area contributed by atoms with Crippen LogP contribution in [0.2, 0.25) is 0 Å². The zero-order chi connectivity index (χ0) is 25.9. The van der Waals surface area contributed by atoms with Crippen LogP contribution >= 0.6 is 0 Å². The summed E-state index contributed by atoms with van der Waals surface area (Å²) in [5, 5.41) is 6.72. The standard InChI is InChI=1S/C27H29N3O5S/c1-18-9-11-21(12-10-18)13-14-25-26(19(2)29-35-25)36(33,34)30-15-5-7-23(17-30)27(32)28-24-8-4-6-22(16-24)20(3)31/h4,6,8-14,16,23H,5,7,15,17H2,1-3H3,(H,28,32)/b14-13+/t23-/m1/s1. The number of aryl methyl sites for hydroxylation is 2. The third-order valence-corrected chi connectivity index (χ3v) is 8.25. The summed E-state index contributed by atoms with van der Waals surface area (Å²) in [6.07, 6.45) is 4.49. The van der Waals surface area contributed by atoms with Gasteiger partial charge in [0.2, 0.25) is 15.9 Å². The Hall–Kier alpha value is -3.56. The highest BCUT2D eigenvalue weighted by Gasteiger charge is 2.37. The number of aromatic nitrogens is 1. The second-order valence-electron chi connectivity index (χ2n) is 9.03. The van der Waals surface area contributed by atoms with E-state index in [1.54, 1.807) is 43.3 Å². The number of carbonyl (C=O) groups excluding carboxylic acids is 2. The fourth-order valence-corrected chi connectivity index (χ4v) is 5.99. The molecule has 8 nitrogen and oxygen atoms in total. The van der Waals surface area contributed by atoms with Crippen molar-refractivity contribution in [3.8, 4) is 0 Å². The zero-order valence-corrected chi connectivity index (χ0v) is 21.3. The van der Waals surface area contributed by atoms with Gasteiger partial charge in [-0.25, -0.2) is 8.42 Å². The predicted octanol–water partition coefficient (Wildman–Crippen LogP) is 4.70. The van der Waals surface area contributed by atoms with Crippen LogP contribution in [0.3, 0.4) is 0 Å². The minimum Gasteiger partial charge on any atom is -0.355 e. The maximum absolute atomic E-state index is 13.6. The van der Waals surface area contributed by atoms with Gasteiger partial charge in [0.1, 0.15) is 5.69 Å². The number of carbonyl (C=O) groups is 2. The summed E-state index contributed by atoms with van der Waals surface area (Å²) in [6.45, 7) is 5.40. The van der Waals surface area contributed by atoms with Crippen molar-refractivity contribution in [2.75, 3.05) is 18.4 Å². The fraction of sp³-hybridized carbons (Fsp3) is 0.296. The molecule has 0 aliphatic carbocycles. The maximum Gasteiger partial charge on any atom is 0.248 e. The van der Waals surface area contributed by atoms with E-state index in [0.29, 0.717) is 30.6 Å². The van der Waals surface area contributed by atoms with Gasteiger partial charge in [0.15, 0.2) is 16.4 Å². The Labute approximate surface area is 211 Å². The molecular weight excluding hydrogens is 478 g/mol. The number of piperidine rings is 1. The van der Waals surface area contributed by atoms with Gasteiger partial charge < -0.3 is 9.84 Å². The van der Waals surface area contributed by atoms with Gasteiger partial charge in [0.25, 0.3) is 0 Å². The first-order chi connectivity index (χ1) is 17.1. The van der Waals surface area contributed by atoms with E-state index in [2.05, 4.69) is 10.5 Å². The van der Waals surface area contributed by atoms with E-state index in [9.17, 15) is 18.0 Å². The van der Waals surface area contributed by atoms with Gasteiger partial charge in [-0.2, -0.15) is 4.31 Å². The molecule has 0 bridgehead atoms. The predicted molar refractivity (Wildman–Crippen MR) is 138 cm³/mol. The summed E-state index contributed by atoms with van der Waals surface area (Å²) in [6, 6.07) is 14.5. The van der Waals surface area contributed by atoms with Gasteiger partial charge in [-0.05, 0) is 57.4 Å². The molecule has 9 heteroatoms. The lowest BCUT2D eigenvalue weighted by atomic mass is 9.98. The van der Waals surface area contributed by atoms with E-state index in [4.69, 9.17) is 4.52 Å². The number of nitrogens with zero attached hydrogens (tertiary/aromatic N) is 2. The summed E-state index contributed by atoms with van der Waals surface area (Å²) in [7, 11) is -3.95. The van der Waals surface area contributed by atoms with Gasteiger partial charge >= 0.3 is 0 Å². The van der Waals surface area contributed by atoms with Crippen molar-refractivity contribution in [2.24, 2.45) is 5.92 Å². The quantitative estimate of drug-likeness (QED) is 0.464. The Morgan fingerprint density at radius 1 is 1.11 bits per heavy atom. The van der Waals surface area contributed by atoms with Gasteiger partial charge in [-0.1, -0.05) is 53.2 Å². The number of hydrogen-bond donors (Lipinski definition) is 1. The average molecular weight is 508 g/mol. The summed E-state index contributed by atoms with van der Waals surface area (Å²) in [5.41, 5.74) is 3.30. The molecule has 0 unspecified atom stereocenters. The normalized spacial score (nSPS) is 16.8. The first kappa shape index (κ1) is 25.5. The van der Waals surface area contributed by atoms with Crippen LogP contribution in [-0.2, 0) is 14.8 Å². The molecule has 1 atom stereocenters. The lowest BCUT2D eigenvalue weighted by molar-refractivity contribution is -0.120. The van der Waals surface area contributed by atoms with E-state index in [-0.39, 0.29) is 34.6 Å². The molecule has 0 saturated carbocycles. The minimum absolute atomic E-state index is 0.0149. The summed E-state index contributed by atoms with van der Waals surface area (Å²) >= 11 is 0. The molecule has 2 heterocycles. The molecule has 3 aromatic rings. The molecule has 1 fully saturated rings. The Morgan fingerprint density at radius 3 is 2.58 bits per heavy atom. The largest absolute Gasteiger partial charge is 0.355 e. The van der Waals surface area contributed by atoms with Gasteiger partial charge in [0, 0.05) is 24.3 Å². The molecular formula is C27H29N3O5S. The van der Waals surface area contributed by atoms with Crippen LogP contribution in [-0.4, -0.2) is 42.7 Å². The highest BCUT2D eigenvalue weighted by molar-refractivity contribution is 7.89. The third-order valence-electron chi connectivity index (χ3n) is 6.23. The Morgan fingerprint density at radius 2 is 1.86 bits per heavy atom. The molecule has 1 aliphatic heterocycles. The third kappa shape index (κ3) is 5.63. The highest BCUT2D eigenvalue weighted by Crippen LogP contribution is 2.30. The van der Waals surface area contributed by atoms with Crippen molar-refractivity contribution in [3.63, 3.8) is 0 Å². The van der Waals surface area contributed by atoms with Crippen LogP contribution in [0.25, 0.3) is 12.2 Å². The lowest BCUT2D eigenvalue weighted by Crippen LogP contribution is -2.43. The molecule has 1 saturated heterocycles. The molecule has 36 heavy (non-hydrogen) atoms. The fourth-order valence-electron chi connectivity index (χ4n) is 4.21. The zero-order valence-electron chi connectivity index (χ0n) is 20.5. The monoisotopic (exact) mass is 507 g/mol. The van der Waals surface area contributed by atoms with E-state index in [1.807, 2.05) is 31.2 Å². The number of anilines is 1. The molecule has 1 amide bonds. The van der Waals surface area contributed by atoms with Crippen LogP contribution < -0.4 is 5.32 Å². The van der Waals surface area contributed by atoms with E-state index >= 15 is 0 Å². The highest BCUT2D eigenvalue weighted by atomic mass is 32.2. The number of nitrogens with one attached hydrogen (secondary N) is 1. The van der Waals surface area contributed by atoms with Crippen LogP contribution in [0.5, 0.6) is 0 Å².